The van der Waals surface area contributed by atoms with E-state index in [1.54, 1.807) is 0 Å². The molecule has 1 aliphatic carbocycles. The number of fused-ring (bicyclic) bond motifs is 1. The third-order valence-corrected chi connectivity index (χ3v) is 4.25. The van der Waals surface area contributed by atoms with E-state index < -0.39 is 0 Å². The molecule has 2 heterocycles. The first-order valence-electron chi connectivity index (χ1n) is 7.75. The van der Waals surface area contributed by atoms with Gasteiger partial charge in [0.25, 0.3) is 0 Å². The first-order valence-corrected chi connectivity index (χ1v) is 7.75. The number of aliphatic hydroxyl groups excluding tert-OH is 1. The Morgan fingerprint density at radius 3 is 2.95 bits per heavy atom. The van der Waals surface area contributed by atoms with Gasteiger partial charge >= 0.3 is 0 Å². The molecule has 21 heavy (non-hydrogen) atoms. The van der Waals surface area contributed by atoms with Crippen LogP contribution in [0.25, 0.3) is 5.65 Å². The molecule has 2 N–H and O–H groups in total. The highest BCUT2D eigenvalue weighted by atomic mass is 16.3. The molecular weight excluding hydrogens is 264 g/mol. The summed E-state index contributed by atoms with van der Waals surface area (Å²) in [7, 11) is 2.10. The van der Waals surface area contributed by atoms with Crippen LogP contribution in [0.15, 0.2) is 24.4 Å². The quantitative estimate of drug-likeness (QED) is 0.848. The van der Waals surface area contributed by atoms with Crippen molar-refractivity contribution >= 4 is 11.5 Å². The molecule has 0 radical (unpaired) electrons. The number of aromatic nitrogens is 2. The van der Waals surface area contributed by atoms with E-state index in [-0.39, 0.29) is 6.10 Å². The van der Waals surface area contributed by atoms with Crippen LogP contribution in [0.2, 0.25) is 0 Å². The molecule has 1 aliphatic rings. The molecule has 0 saturated heterocycles. The molecule has 1 saturated carbocycles. The average Bonchev–Trinajstić information content (AvgIpc) is 2.82. The zero-order valence-corrected chi connectivity index (χ0v) is 12.8. The number of aliphatic hydroxyl groups is 1. The fraction of sp³-hybridized carbons (Fsp3) is 0.562. The second kappa shape index (κ2) is 6.03. The summed E-state index contributed by atoms with van der Waals surface area (Å²) >= 11 is 0. The second-order valence-electron chi connectivity index (χ2n) is 5.96. The minimum absolute atomic E-state index is 0.0919. The Morgan fingerprint density at radius 2 is 2.24 bits per heavy atom. The summed E-state index contributed by atoms with van der Waals surface area (Å²) in [4.78, 5) is 7.01. The van der Waals surface area contributed by atoms with E-state index in [1.807, 2.05) is 18.2 Å². The lowest BCUT2D eigenvalue weighted by Crippen LogP contribution is -2.37. The van der Waals surface area contributed by atoms with Gasteiger partial charge in [0.1, 0.15) is 5.65 Å². The summed E-state index contributed by atoms with van der Waals surface area (Å²) in [5.74, 6) is 1.63. The number of pyridine rings is 1. The number of imidazole rings is 1. The number of hydrogen-bond acceptors (Lipinski definition) is 4. The molecule has 0 spiro atoms. The zero-order chi connectivity index (χ0) is 14.8. The van der Waals surface area contributed by atoms with Crippen molar-refractivity contribution in [1.29, 1.82) is 0 Å². The molecule has 0 bridgehead atoms. The highest BCUT2D eigenvalue weighted by Gasteiger charge is 2.29. The van der Waals surface area contributed by atoms with Crippen LogP contribution in [-0.4, -0.2) is 40.7 Å². The third kappa shape index (κ3) is 2.89. The van der Waals surface area contributed by atoms with Crippen molar-refractivity contribution in [1.82, 2.24) is 14.7 Å². The zero-order valence-electron chi connectivity index (χ0n) is 12.8. The van der Waals surface area contributed by atoms with Crippen LogP contribution in [0, 0.1) is 5.92 Å². The number of nitrogens with one attached hydrogen (secondary N) is 1. The molecular formula is C16H24N4O. The first-order chi connectivity index (χ1) is 10.2. The summed E-state index contributed by atoms with van der Waals surface area (Å²) in [6, 6.07) is 6.10. The van der Waals surface area contributed by atoms with Crippen molar-refractivity contribution in [3.8, 4) is 0 Å². The van der Waals surface area contributed by atoms with Crippen LogP contribution >= 0.6 is 0 Å². The number of rotatable bonds is 6. The predicted molar refractivity (Wildman–Crippen MR) is 84.6 cm³/mol. The summed E-state index contributed by atoms with van der Waals surface area (Å²) in [5, 5.41) is 12.8. The maximum atomic E-state index is 9.44. The molecule has 0 aliphatic heterocycles. The van der Waals surface area contributed by atoms with Gasteiger partial charge in [-0.05, 0) is 37.4 Å². The van der Waals surface area contributed by atoms with Crippen LogP contribution < -0.4 is 10.2 Å². The Hall–Kier alpha value is -1.59. The smallest absolute Gasteiger partial charge is 0.152 e. The van der Waals surface area contributed by atoms with Gasteiger partial charge in [0.15, 0.2) is 5.82 Å². The number of anilines is 1. The maximum Gasteiger partial charge on any atom is 0.152 e. The summed E-state index contributed by atoms with van der Waals surface area (Å²) < 4.78 is 2.16. The van der Waals surface area contributed by atoms with E-state index in [2.05, 4.69) is 34.8 Å². The highest BCUT2D eigenvalue weighted by molar-refractivity contribution is 5.55. The molecule has 2 aromatic heterocycles. The summed E-state index contributed by atoms with van der Waals surface area (Å²) in [6.07, 6.45) is 3.81. The van der Waals surface area contributed by atoms with Gasteiger partial charge in [-0.3, -0.25) is 0 Å². The lowest BCUT2D eigenvalue weighted by atomic mass is 9.82. The summed E-state index contributed by atoms with van der Waals surface area (Å²) in [5.41, 5.74) is 2.19. The fourth-order valence-corrected chi connectivity index (χ4v) is 3.07. The van der Waals surface area contributed by atoms with Crippen LogP contribution in [-0.2, 0) is 6.54 Å². The highest BCUT2D eigenvalue weighted by Crippen LogP contribution is 2.30. The Labute approximate surface area is 125 Å². The van der Waals surface area contributed by atoms with E-state index in [0.717, 1.165) is 43.9 Å². The van der Waals surface area contributed by atoms with Gasteiger partial charge in [0, 0.05) is 26.3 Å². The molecule has 0 atom stereocenters. The van der Waals surface area contributed by atoms with Crippen LogP contribution in [0.4, 0.5) is 5.82 Å². The minimum Gasteiger partial charge on any atom is -0.393 e. The topological polar surface area (TPSA) is 52.8 Å². The van der Waals surface area contributed by atoms with Gasteiger partial charge in [0.05, 0.1) is 11.8 Å². The van der Waals surface area contributed by atoms with Crippen molar-refractivity contribution in [2.24, 2.45) is 5.92 Å². The second-order valence-corrected chi connectivity index (χ2v) is 5.96. The van der Waals surface area contributed by atoms with E-state index in [1.165, 1.54) is 5.69 Å². The van der Waals surface area contributed by atoms with Crippen LogP contribution in [0.1, 0.15) is 25.5 Å². The van der Waals surface area contributed by atoms with Crippen molar-refractivity contribution in [3.05, 3.63) is 30.1 Å². The number of nitrogens with zero attached hydrogens (tertiary/aromatic N) is 3. The monoisotopic (exact) mass is 288 g/mol. The minimum atomic E-state index is -0.0919. The lowest BCUT2D eigenvalue weighted by molar-refractivity contribution is 0.0464. The van der Waals surface area contributed by atoms with Crippen molar-refractivity contribution < 1.29 is 5.11 Å². The average molecular weight is 288 g/mol. The van der Waals surface area contributed by atoms with Crippen molar-refractivity contribution in [2.45, 2.75) is 32.4 Å². The van der Waals surface area contributed by atoms with E-state index in [9.17, 15) is 5.11 Å². The Balaban J connectivity index is 1.85. The SMILES string of the molecule is CCNCc1c(N(C)CC2CC(O)C2)nc2ccccn12. The molecule has 5 nitrogen and oxygen atoms in total. The van der Waals surface area contributed by atoms with Gasteiger partial charge in [-0.1, -0.05) is 13.0 Å². The van der Waals surface area contributed by atoms with Gasteiger partial charge in [0.2, 0.25) is 0 Å². The largest absolute Gasteiger partial charge is 0.393 e. The van der Waals surface area contributed by atoms with Gasteiger partial charge in [-0.15, -0.1) is 0 Å². The standard InChI is InChI=1S/C16H24N4O/c1-3-17-10-14-16(18-15-6-4-5-7-20(14)15)19(2)11-12-8-13(21)9-12/h4-7,12-13,17,21H,3,8-11H2,1-2H3. The normalized spacial score (nSPS) is 21.5. The van der Waals surface area contributed by atoms with Gasteiger partial charge in [-0.2, -0.15) is 0 Å². The third-order valence-electron chi connectivity index (χ3n) is 4.25. The van der Waals surface area contributed by atoms with Crippen LogP contribution in [0.3, 0.4) is 0 Å². The van der Waals surface area contributed by atoms with Crippen molar-refractivity contribution in [2.75, 3.05) is 25.0 Å². The lowest BCUT2D eigenvalue weighted by Gasteiger charge is -2.34. The maximum absolute atomic E-state index is 9.44. The van der Waals surface area contributed by atoms with Crippen LogP contribution in [0.5, 0.6) is 0 Å². The molecule has 114 valence electrons. The van der Waals surface area contributed by atoms with Gasteiger partial charge in [-0.25, -0.2) is 4.98 Å². The van der Waals surface area contributed by atoms with E-state index in [0.29, 0.717) is 5.92 Å². The van der Waals surface area contributed by atoms with E-state index in [4.69, 9.17) is 4.98 Å². The Morgan fingerprint density at radius 1 is 1.43 bits per heavy atom. The Bertz CT molecular complexity index is 603. The van der Waals surface area contributed by atoms with Gasteiger partial charge < -0.3 is 19.7 Å². The first kappa shape index (κ1) is 14.4. The summed E-state index contributed by atoms with van der Waals surface area (Å²) in [6.45, 7) is 4.83. The molecule has 5 heteroatoms. The molecule has 3 rings (SSSR count). The van der Waals surface area contributed by atoms with Crippen molar-refractivity contribution in [3.63, 3.8) is 0 Å². The molecule has 0 aromatic carbocycles. The molecule has 1 fully saturated rings. The Kier molecular flexibility index (Phi) is 4.12. The molecule has 0 unspecified atom stereocenters. The fourth-order valence-electron chi connectivity index (χ4n) is 3.07. The van der Waals surface area contributed by atoms with E-state index >= 15 is 0 Å². The molecule has 2 aromatic rings. The molecule has 0 amide bonds. The number of hydrogen-bond donors (Lipinski definition) is 2. The predicted octanol–water partition coefficient (Wildman–Crippen LogP) is 1.65.